The van der Waals surface area contributed by atoms with Crippen LogP contribution >= 0.6 is 22.9 Å². The summed E-state index contributed by atoms with van der Waals surface area (Å²) < 4.78 is 1.01. The smallest absolute Gasteiger partial charge is 0.334 e. The number of halogens is 1. The highest BCUT2D eigenvalue weighted by Crippen LogP contribution is 2.32. The van der Waals surface area contributed by atoms with Crippen LogP contribution in [0.15, 0.2) is 84.9 Å². The number of benzene rings is 3. The number of fused-ring (bicyclic) bond motifs is 2. The maximum absolute atomic E-state index is 14.2. The number of urea groups is 1. The lowest BCUT2D eigenvalue weighted by molar-refractivity contribution is -0.189. The Balaban J connectivity index is 1.37. The van der Waals surface area contributed by atoms with Gasteiger partial charge in [-0.25, -0.2) is 19.8 Å². The van der Waals surface area contributed by atoms with Gasteiger partial charge in [-0.2, -0.15) is 0 Å². The van der Waals surface area contributed by atoms with E-state index in [4.69, 9.17) is 11.6 Å². The summed E-state index contributed by atoms with van der Waals surface area (Å²) in [6.07, 6.45) is 1.02. The zero-order chi connectivity index (χ0) is 30.8. The third-order valence-corrected chi connectivity index (χ3v) is 9.01. The van der Waals surface area contributed by atoms with E-state index in [1.54, 1.807) is 38.6 Å². The number of carbonyl (C=O) groups excluding carboxylic acids is 3. The summed E-state index contributed by atoms with van der Waals surface area (Å²) >= 11 is 7.73. The third kappa shape index (κ3) is 5.86. The van der Waals surface area contributed by atoms with Gasteiger partial charge in [-0.05, 0) is 34.9 Å². The summed E-state index contributed by atoms with van der Waals surface area (Å²) in [5, 5.41) is 16.3. The number of phenols is 1. The van der Waals surface area contributed by atoms with Gasteiger partial charge in [0.2, 0.25) is 11.8 Å². The standard InChI is InChI=1S/C32H31ClN6O4S/c1-2-13-37-19-29(41)38-25(15-22-11-12-26(40)24(33)14-22)31(42)36(17-23-9-6-10-27-30(23)35-20-44-27)18-28(38)39(37)32(43)34-16-21-7-4-3-5-8-21/h2-12,14,20,25,28,40H,1,13,15-19H2,(H,34,43)/t25-,28-/m0/s1. The number of amides is 4. The number of aromatic nitrogens is 1. The lowest BCUT2D eigenvalue weighted by Crippen LogP contribution is -2.76. The fourth-order valence-electron chi connectivity index (χ4n) is 5.88. The topological polar surface area (TPSA) is 109 Å². The van der Waals surface area contributed by atoms with E-state index in [0.29, 0.717) is 12.1 Å². The number of thiazole rings is 1. The summed E-state index contributed by atoms with van der Waals surface area (Å²) in [7, 11) is 0. The van der Waals surface area contributed by atoms with Crippen LogP contribution < -0.4 is 5.32 Å². The molecule has 0 saturated carbocycles. The van der Waals surface area contributed by atoms with Crippen LogP contribution in [0.25, 0.3) is 10.2 Å². The first-order valence-electron chi connectivity index (χ1n) is 14.2. The zero-order valence-electron chi connectivity index (χ0n) is 23.8. The summed E-state index contributed by atoms with van der Waals surface area (Å²) in [6, 6.07) is 18.9. The molecule has 2 aliphatic rings. The first-order chi connectivity index (χ1) is 21.3. The first-order valence-corrected chi connectivity index (χ1v) is 15.4. The molecule has 2 saturated heterocycles. The van der Waals surface area contributed by atoms with Crippen molar-refractivity contribution in [1.29, 1.82) is 0 Å². The van der Waals surface area contributed by atoms with Crippen LogP contribution in [0.2, 0.25) is 5.02 Å². The molecule has 0 aliphatic carbocycles. The monoisotopic (exact) mass is 630 g/mol. The van der Waals surface area contributed by atoms with E-state index in [1.807, 2.05) is 48.5 Å². The van der Waals surface area contributed by atoms with Crippen LogP contribution in [-0.4, -0.2) is 79.6 Å². The van der Waals surface area contributed by atoms with E-state index in [2.05, 4.69) is 16.9 Å². The molecule has 2 N–H and O–H groups in total. The Morgan fingerprint density at radius 1 is 1.11 bits per heavy atom. The average Bonchev–Trinajstić information content (AvgIpc) is 3.51. The SMILES string of the molecule is C=CCN1CC(=O)N2[C@@H](Cc3ccc(O)c(Cl)c3)C(=O)N(Cc3cccc4scnc34)C[C@@H]2N1C(=O)NCc1ccccc1. The number of piperazine rings is 1. The van der Waals surface area contributed by atoms with E-state index in [0.717, 1.165) is 21.3 Å². The quantitative estimate of drug-likeness (QED) is 0.280. The van der Waals surface area contributed by atoms with Crippen LogP contribution in [0.1, 0.15) is 16.7 Å². The maximum Gasteiger partial charge on any atom is 0.334 e. The van der Waals surface area contributed by atoms with Crippen molar-refractivity contribution in [2.24, 2.45) is 0 Å². The summed E-state index contributed by atoms with van der Waals surface area (Å²) in [5.41, 5.74) is 5.08. The molecule has 0 spiro atoms. The molecule has 226 valence electrons. The number of phenolic OH excluding ortho intramolecular Hbond substituents is 1. The number of aromatic hydroxyl groups is 1. The van der Waals surface area contributed by atoms with Crippen molar-refractivity contribution in [2.45, 2.75) is 31.7 Å². The molecule has 0 radical (unpaired) electrons. The van der Waals surface area contributed by atoms with Gasteiger partial charge in [0.25, 0.3) is 0 Å². The molecular formula is C32H31ClN6O4S. The van der Waals surface area contributed by atoms with Crippen molar-refractivity contribution in [1.82, 2.24) is 30.1 Å². The van der Waals surface area contributed by atoms with Gasteiger partial charge in [0.05, 0.1) is 33.8 Å². The predicted octanol–water partition coefficient (Wildman–Crippen LogP) is 4.39. The Kier molecular flexibility index (Phi) is 8.51. The number of carbonyl (C=O) groups is 3. The van der Waals surface area contributed by atoms with Gasteiger partial charge in [-0.15, -0.1) is 17.9 Å². The van der Waals surface area contributed by atoms with Crippen molar-refractivity contribution >= 4 is 51.0 Å². The van der Waals surface area contributed by atoms with Crippen molar-refractivity contribution in [3.8, 4) is 5.75 Å². The fourth-order valence-corrected chi connectivity index (χ4v) is 6.80. The van der Waals surface area contributed by atoms with Crippen LogP contribution in [0.5, 0.6) is 5.75 Å². The Morgan fingerprint density at radius 3 is 2.70 bits per heavy atom. The molecule has 3 heterocycles. The molecule has 4 amide bonds. The second-order valence-electron chi connectivity index (χ2n) is 10.7. The minimum Gasteiger partial charge on any atom is -0.506 e. The molecule has 2 fully saturated rings. The maximum atomic E-state index is 14.2. The van der Waals surface area contributed by atoms with Crippen LogP contribution in [0.4, 0.5) is 4.79 Å². The first kappa shape index (κ1) is 29.6. The number of hydrogen-bond donors (Lipinski definition) is 2. The van der Waals surface area contributed by atoms with Gasteiger partial charge in [-0.1, -0.05) is 66.2 Å². The molecule has 1 aromatic heterocycles. The number of nitrogens with one attached hydrogen (secondary N) is 1. The molecule has 2 atom stereocenters. The predicted molar refractivity (Wildman–Crippen MR) is 169 cm³/mol. The highest BCUT2D eigenvalue weighted by atomic mass is 35.5. The van der Waals surface area contributed by atoms with Gasteiger partial charge in [-0.3, -0.25) is 9.59 Å². The van der Waals surface area contributed by atoms with E-state index < -0.39 is 12.2 Å². The highest BCUT2D eigenvalue weighted by molar-refractivity contribution is 7.16. The summed E-state index contributed by atoms with van der Waals surface area (Å²) in [5.74, 6) is -0.585. The van der Waals surface area contributed by atoms with Crippen LogP contribution in [0.3, 0.4) is 0 Å². The Bertz CT molecular complexity index is 1720. The molecule has 0 bridgehead atoms. The minimum absolute atomic E-state index is 0.0726. The molecule has 0 unspecified atom stereocenters. The van der Waals surface area contributed by atoms with Gasteiger partial charge in [0.15, 0.2) is 0 Å². The second-order valence-corrected chi connectivity index (χ2v) is 12.0. The van der Waals surface area contributed by atoms with Crippen molar-refractivity contribution in [3.63, 3.8) is 0 Å². The highest BCUT2D eigenvalue weighted by Gasteiger charge is 2.51. The van der Waals surface area contributed by atoms with E-state index in [-0.39, 0.29) is 61.2 Å². The minimum atomic E-state index is -0.910. The van der Waals surface area contributed by atoms with E-state index in [9.17, 15) is 19.5 Å². The van der Waals surface area contributed by atoms with Crippen molar-refractivity contribution in [3.05, 3.63) is 107 Å². The van der Waals surface area contributed by atoms with Crippen LogP contribution in [-0.2, 0) is 29.1 Å². The second kappa shape index (κ2) is 12.7. The number of rotatable bonds is 8. The normalized spacial score (nSPS) is 18.9. The molecule has 4 aromatic rings. The molecule has 2 aliphatic heterocycles. The Labute approximate surface area is 263 Å². The molecule has 10 nitrogen and oxygen atoms in total. The lowest BCUT2D eigenvalue weighted by atomic mass is 9.98. The third-order valence-electron chi connectivity index (χ3n) is 7.91. The molecule has 44 heavy (non-hydrogen) atoms. The lowest BCUT2D eigenvalue weighted by Gasteiger charge is -2.55. The zero-order valence-corrected chi connectivity index (χ0v) is 25.4. The number of para-hydroxylation sites is 1. The van der Waals surface area contributed by atoms with Gasteiger partial charge >= 0.3 is 6.03 Å². The fraction of sp³-hybridized carbons (Fsp3) is 0.250. The number of nitrogens with zero attached hydrogens (tertiary/aromatic N) is 5. The number of hydrazine groups is 1. The summed E-state index contributed by atoms with van der Waals surface area (Å²) in [6.45, 7) is 4.65. The Morgan fingerprint density at radius 2 is 1.93 bits per heavy atom. The van der Waals surface area contributed by atoms with Gasteiger partial charge in [0.1, 0.15) is 18.0 Å². The van der Waals surface area contributed by atoms with E-state index in [1.165, 1.54) is 22.3 Å². The average molecular weight is 631 g/mol. The largest absolute Gasteiger partial charge is 0.506 e. The van der Waals surface area contributed by atoms with Crippen molar-refractivity contribution in [2.75, 3.05) is 19.6 Å². The van der Waals surface area contributed by atoms with Crippen LogP contribution in [0, 0.1) is 0 Å². The van der Waals surface area contributed by atoms with Gasteiger partial charge in [0, 0.05) is 26.1 Å². The summed E-state index contributed by atoms with van der Waals surface area (Å²) in [4.78, 5) is 49.7. The molecule has 3 aromatic carbocycles. The Hall–Kier alpha value is -4.45. The molecule has 12 heteroatoms. The molecule has 6 rings (SSSR count). The molecular weight excluding hydrogens is 600 g/mol. The van der Waals surface area contributed by atoms with Crippen molar-refractivity contribution < 1.29 is 19.5 Å². The van der Waals surface area contributed by atoms with E-state index >= 15 is 0 Å². The number of hydrogen-bond acceptors (Lipinski definition) is 7. The van der Waals surface area contributed by atoms with Gasteiger partial charge < -0.3 is 20.2 Å².